The van der Waals surface area contributed by atoms with E-state index in [1.54, 1.807) is 17.0 Å². The van der Waals surface area contributed by atoms with Crippen molar-refractivity contribution in [3.05, 3.63) is 52.5 Å². The van der Waals surface area contributed by atoms with Crippen LogP contribution in [-0.2, 0) is 41.8 Å². The summed E-state index contributed by atoms with van der Waals surface area (Å²) in [6.07, 6.45) is -3.73. The van der Waals surface area contributed by atoms with Gasteiger partial charge >= 0.3 is 6.18 Å². The van der Waals surface area contributed by atoms with E-state index in [0.717, 1.165) is 22.8 Å². The number of benzene rings is 1. The van der Waals surface area contributed by atoms with E-state index in [2.05, 4.69) is 14.5 Å². The van der Waals surface area contributed by atoms with Gasteiger partial charge in [-0.15, -0.1) is 0 Å². The molecule has 0 spiro atoms. The molecule has 0 saturated carbocycles. The molecule has 0 radical (unpaired) electrons. The fraction of sp³-hybridized carbons (Fsp3) is 0.500. The number of aliphatic hydroxyl groups excluding tert-OH is 1. The van der Waals surface area contributed by atoms with Crippen molar-refractivity contribution in [1.29, 1.82) is 0 Å². The van der Waals surface area contributed by atoms with Crippen LogP contribution < -0.4 is 4.90 Å². The van der Waals surface area contributed by atoms with E-state index in [9.17, 15) is 32.1 Å². The van der Waals surface area contributed by atoms with Crippen molar-refractivity contribution < 1.29 is 32.1 Å². The molecule has 0 amide bonds. The van der Waals surface area contributed by atoms with E-state index in [-0.39, 0.29) is 30.3 Å². The second kappa shape index (κ2) is 9.40. The third-order valence-electron chi connectivity index (χ3n) is 6.50. The van der Waals surface area contributed by atoms with Crippen molar-refractivity contribution >= 4 is 27.9 Å². The van der Waals surface area contributed by atoms with Crippen molar-refractivity contribution in [3.8, 4) is 0 Å². The van der Waals surface area contributed by atoms with E-state index in [0.29, 0.717) is 24.2 Å². The van der Waals surface area contributed by atoms with E-state index < -0.39 is 34.1 Å². The first-order valence-electron chi connectivity index (χ1n) is 11.5. The number of nitrogens with zero attached hydrogens (tertiary/aromatic N) is 4. The fourth-order valence-corrected chi connectivity index (χ4v) is 5.47. The molecule has 3 aromatic rings. The van der Waals surface area contributed by atoms with Gasteiger partial charge in [-0.25, -0.2) is 14.2 Å². The van der Waals surface area contributed by atoms with E-state index >= 15 is 0 Å². The summed E-state index contributed by atoms with van der Waals surface area (Å²) in [6.45, 7) is 6.92. The molecule has 36 heavy (non-hydrogen) atoms. The first-order chi connectivity index (χ1) is 16.7. The summed E-state index contributed by atoms with van der Waals surface area (Å²) in [5.41, 5.74) is -0.542. The van der Waals surface area contributed by atoms with Crippen LogP contribution >= 0.6 is 0 Å². The van der Waals surface area contributed by atoms with Crippen LogP contribution in [0.25, 0.3) is 10.9 Å². The first kappa shape index (κ1) is 26.5. The van der Waals surface area contributed by atoms with E-state index in [1.165, 1.54) is 13.8 Å². The number of fused-ring (bicyclic) bond motifs is 3. The smallest absolute Gasteiger partial charge is 0.392 e. The Morgan fingerprint density at radius 3 is 2.42 bits per heavy atom. The van der Waals surface area contributed by atoms with Crippen LogP contribution in [0.5, 0.6) is 0 Å². The zero-order valence-electron chi connectivity index (χ0n) is 20.4. The molecular weight excluding hydrogens is 497 g/mol. The molecule has 2 aromatic heterocycles. The molecule has 8 nitrogen and oxygen atoms in total. The van der Waals surface area contributed by atoms with Gasteiger partial charge in [0.15, 0.2) is 16.8 Å². The molecule has 0 aliphatic carbocycles. The Kier molecular flexibility index (Phi) is 6.93. The highest BCUT2D eigenvalue weighted by atomic mass is 32.2. The molecule has 2 atom stereocenters. The van der Waals surface area contributed by atoms with Crippen molar-refractivity contribution in [1.82, 2.24) is 14.5 Å². The number of aliphatic hydroxyl groups is 2. The number of halogens is 3. The Morgan fingerprint density at radius 2 is 1.86 bits per heavy atom. The van der Waals surface area contributed by atoms with Crippen LogP contribution in [-0.4, -0.2) is 40.1 Å². The lowest BCUT2D eigenvalue weighted by Gasteiger charge is -2.40. The summed E-state index contributed by atoms with van der Waals surface area (Å²) >= 11 is -2.08. The van der Waals surface area contributed by atoms with Gasteiger partial charge in [-0.1, -0.05) is 13.8 Å². The summed E-state index contributed by atoms with van der Waals surface area (Å²) < 4.78 is 64.5. The largest absolute Gasteiger partial charge is 0.433 e. The number of anilines is 1. The number of aromatic nitrogens is 3. The quantitative estimate of drug-likeness (QED) is 0.415. The lowest BCUT2D eigenvalue weighted by atomic mass is 9.96. The van der Waals surface area contributed by atoms with Gasteiger partial charge in [0.25, 0.3) is 0 Å². The first-order valence-corrected chi connectivity index (χ1v) is 12.8. The Hall–Kier alpha value is -2.54. The molecule has 1 unspecified atom stereocenters. The van der Waals surface area contributed by atoms with Crippen LogP contribution in [0, 0.1) is 5.92 Å². The highest BCUT2D eigenvalue weighted by Gasteiger charge is 2.41. The number of hydrogen-bond acceptors (Lipinski definition) is 6. The van der Waals surface area contributed by atoms with Crippen molar-refractivity contribution in [2.45, 2.75) is 64.4 Å². The molecule has 0 saturated heterocycles. The maximum absolute atomic E-state index is 13.9. The van der Waals surface area contributed by atoms with Gasteiger partial charge in [-0.3, -0.25) is 0 Å². The predicted molar refractivity (Wildman–Crippen MR) is 130 cm³/mol. The Bertz CT molecular complexity index is 1320. The van der Waals surface area contributed by atoms with E-state index in [1.807, 2.05) is 19.9 Å². The van der Waals surface area contributed by atoms with Gasteiger partial charge in [0.1, 0.15) is 0 Å². The summed E-state index contributed by atoms with van der Waals surface area (Å²) in [5.74, 6) is -0.215. The second-order valence-corrected chi connectivity index (χ2v) is 10.8. The predicted octanol–water partition coefficient (Wildman–Crippen LogP) is 4.11. The highest BCUT2D eigenvalue weighted by Crippen LogP contribution is 2.41. The third kappa shape index (κ3) is 4.86. The van der Waals surface area contributed by atoms with Gasteiger partial charge in [-0.05, 0) is 49.1 Å². The van der Waals surface area contributed by atoms with Gasteiger partial charge < -0.3 is 24.2 Å². The topological polar surface area (TPSA) is 112 Å². The minimum Gasteiger partial charge on any atom is -0.392 e. The molecule has 4 rings (SSSR count). The number of rotatable bonds is 6. The second-order valence-electron chi connectivity index (χ2n) is 9.90. The Balaban J connectivity index is 1.84. The van der Waals surface area contributed by atoms with Gasteiger partial charge in [0.05, 0.1) is 24.0 Å². The zero-order chi connectivity index (χ0) is 26.6. The normalized spacial score (nSPS) is 17.6. The van der Waals surface area contributed by atoms with Crippen molar-refractivity contribution in [3.63, 3.8) is 0 Å². The van der Waals surface area contributed by atoms with Gasteiger partial charge in [0.2, 0.25) is 5.95 Å². The number of hydrogen-bond donors (Lipinski definition) is 3. The molecule has 3 N–H and O–H groups in total. The van der Waals surface area contributed by atoms with Gasteiger partial charge in [-0.2, -0.15) is 13.2 Å². The Labute approximate surface area is 209 Å². The molecule has 1 aliphatic rings. The third-order valence-corrected chi connectivity index (χ3v) is 7.06. The molecule has 196 valence electrons. The summed E-state index contributed by atoms with van der Waals surface area (Å²) in [7, 11) is 0. The lowest BCUT2D eigenvalue weighted by Crippen LogP contribution is -2.42. The Morgan fingerprint density at radius 1 is 1.17 bits per heavy atom. The van der Waals surface area contributed by atoms with Crippen LogP contribution in [0.15, 0.2) is 24.4 Å². The van der Waals surface area contributed by atoms with Crippen LogP contribution in [0.3, 0.4) is 0 Å². The molecule has 1 aliphatic heterocycles. The molecule has 0 bridgehead atoms. The standard InChI is InChI=1S/C24H29F3N4O4S/c1-13(2)20-19-8-14-7-15(11-32)16(12-36(34)35)9-18(14)30(19)5-6-31(20)22-28-10-17(23(3,4)33)21(29-22)24(25,26)27/h7-10,13,20,32-33H,5-6,11-12H2,1-4H3,(H,34,35)/t20-/m1/s1. The van der Waals surface area contributed by atoms with Crippen LogP contribution in [0.4, 0.5) is 19.1 Å². The fourth-order valence-electron chi connectivity index (χ4n) is 4.94. The van der Waals surface area contributed by atoms with Crippen molar-refractivity contribution in [2.75, 3.05) is 11.4 Å². The maximum atomic E-state index is 13.9. The van der Waals surface area contributed by atoms with Crippen LogP contribution in [0.2, 0.25) is 0 Å². The number of alkyl halides is 3. The van der Waals surface area contributed by atoms with E-state index in [4.69, 9.17) is 0 Å². The summed E-state index contributed by atoms with van der Waals surface area (Å²) in [4.78, 5) is 9.87. The maximum Gasteiger partial charge on any atom is 0.433 e. The zero-order valence-corrected chi connectivity index (χ0v) is 21.2. The van der Waals surface area contributed by atoms with Gasteiger partial charge in [0, 0.05) is 41.4 Å². The summed E-state index contributed by atoms with van der Waals surface area (Å²) in [6, 6.07) is 5.15. The summed E-state index contributed by atoms with van der Waals surface area (Å²) in [5, 5.41) is 20.9. The average molecular weight is 527 g/mol. The SMILES string of the molecule is CC(C)[C@@H]1c2cc3cc(CO)c(CS(=O)O)cc3n2CCN1c1ncc(C(C)(C)O)c(C(F)(F)F)n1. The minimum atomic E-state index is -4.77. The highest BCUT2D eigenvalue weighted by molar-refractivity contribution is 7.78. The molecule has 0 fully saturated rings. The van der Waals surface area contributed by atoms with Crippen LogP contribution in [0.1, 0.15) is 61.8 Å². The molecule has 12 heteroatoms. The average Bonchev–Trinajstić information content (AvgIpc) is 3.13. The monoisotopic (exact) mass is 526 g/mol. The molecular formula is C24H29F3N4O4S. The minimum absolute atomic E-state index is 0.0259. The lowest BCUT2D eigenvalue weighted by molar-refractivity contribution is -0.144. The van der Waals surface area contributed by atoms with Crippen molar-refractivity contribution in [2.24, 2.45) is 5.92 Å². The molecule has 1 aromatic carbocycles. The molecule has 3 heterocycles.